The summed E-state index contributed by atoms with van der Waals surface area (Å²) in [7, 11) is -4.81. The molecule has 1 saturated heterocycles. The molecule has 0 radical (unpaired) electrons. The van der Waals surface area contributed by atoms with E-state index in [9.17, 15) is 24.9 Å². The van der Waals surface area contributed by atoms with E-state index in [1.807, 2.05) is 0 Å². The first kappa shape index (κ1) is 24.4. The number of phosphoric acid groups is 1. The first-order valence-electron chi connectivity index (χ1n) is 9.61. The third kappa shape index (κ3) is 5.01. The number of nitro benzene ring substituents is 1. The molecule has 4 rings (SSSR count). The van der Waals surface area contributed by atoms with Gasteiger partial charge in [-0.15, -0.1) is 0 Å². The predicted octanol–water partition coefficient (Wildman–Crippen LogP) is 0.728. The van der Waals surface area contributed by atoms with Crippen LogP contribution < -0.4 is 5.32 Å². The SMILES string of the molecule is O=[N+]([O-])c1ccc(Cl)cc1CNc1ncnc2c1ncn2[C@@H]1O[C@H](COP(=O)(O)O)[C@@H](O)[C@H]1O. The Morgan fingerprint density at radius 1 is 1.26 bits per heavy atom. The number of nitrogens with one attached hydrogen (secondary N) is 1. The van der Waals surface area contributed by atoms with Crippen molar-refractivity contribution in [3.63, 3.8) is 0 Å². The van der Waals surface area contributed by atoms with Gasteiger partial charge in [-0.2, -0.15) is 0 Å². The summed E-state index contributed by atoms with van der Waals surface area (Å²) >= 11 is 5.96. The average molecular weight is 517 g/mol. The molecule has 0 saturated carbocycles. The van der Waals surface area contributed by atoms with Gasteiger partial charge in [0.05, 0.1) is 23.4 Å². The third-order valence-electron chi connectivity index (χ3n) is 5.06. The molecule has 3 aromatic rings. The summed E-state index contributed by atoms with van der Waals surface area (Å²) in [5.41, 5.74) is 0.625. The van der Waals surface area contributed by atoms with E-state index < -0.39 is 43.9 Å². The number of benzene rings is 1. The largest absolute Gasteiger partial charge is 0.469 e. The quantitative estimate of drug-likeness (QED) is 0.159. The molecule has 1 aliphatic heterocycles. The Kier molecular flexibility index (Phi) is 6.80. The van der Waals surface area contributed by atoms with Crippen LogP contribution in [0.25, 0.3) is 11.2 Å². The average Bonchev–Trinajstić information content (AvgIpc) is 3.31. The molecule has 1 aliphatic rings. The Morgan fingerprint density at radius 2 is 2.03 bits per heavy atom. The smallest absolute Gasteiger partial charge is 0.387 e. The minimum atomic E-state index is -4.81. The number of hydrogen-bond acceptors (Lipinski definition) is 11. The fourth-order valence-corrected chi connectivity index (χ4v) is 4.02. The Hall–Kier alpha value is -2.75. The number of aliphatic hydroxyl groups excluding tert-OH is 2. The lowest BCUT2D eigenvalue weighted by Crippen LogP contribution is -2.33. The monoisotopic (exact) mass is 516 g/mol. The summed E-state index contributed by atoms with van der Waals surface area (Å²) < 4.78 is 22.2. The van der Waals surface area contributed by atoms with Crippen molar-refractivity contribution in [3.8, 4) is 0 Å². The minimum absolute atomic E-state index is 0.00109. The first-order chi connectivity index (χ1) is 16.0. The van der Waals surface area contributed by atoms with Crippen molar-refractivity contribution in [3.05, 3.63) is 51.6 Å². The number of phosphoric ester groups is 1. The van der Waals surface area contributed by atoms with Gasteiger partial charge in [-0.1, -0.05) is 11.6 Å². The van der Waals surface area contributed by atoms with Gasteiger partial charge in [0, 0.05) is 17.6 Å². The van der Waals surface area contributed by atoms with Crippen molar-refractivity contribution in [2.24, 2.45) is 0 Å². The Bertz CT molecular complexity index is 1270. The second-order valence-electron chi connectivity index (χ2n) is 7.26. The van der Waals surface area contributed by atoms with E-state index in [1.54, 1.807) is 0 Å². The molecule has 0 amide bonds. The van der Waals surface area contributed by atoms with Crippen molar-refractivity contribution in [1.29, 1.82) is 0 Å². The molecule has 0 aliphatic carbocycles. The van der Waals surface area contributed by atoms with Crippen molar-refractivity contribution in [2.45, 2.75) is 31.1 Å². The highest BCUT2D eigenvalue weighted by Crippen LogP contribution is 2.39. The van der Waals surface area contributed by atoms with Crippen LogP contribution in [0.5, 0.6) is 0 Å². The lowest BCUT2D eigenvalue weighted by molar-refractivity contribution is -0.385. The van der Waals surface area contributed by atoms with Gasteiger partial charge in [-0.3, -0.25) is 19.2 Å². The highest BCUT2D eigenvalue weighted by atomic mass is 35.5. The van der Waals surface area contributed by atoms with Gasteiger partial charge >= 0.3 is 7.82 Å². The van der Waals surface area contributed by atoms with Gasteiger partial charge in [0.1, 0.15) is 24.6 Å². The first-order valence-corrected chi connectivity index (χ1v) is 11.5. The molecule has 1 aromatic carbocycles. The number of nitro groups is 1. The fraction of sp³-hybridized carbons (Fsp3) is 0.353. The second kappa shape index (κ2) is 9.48. The maximum absolute atomic E-state index is 11.3. The zero-order valence-electron chi connectivity index (χ0n) is 17.0. The summed E-state index contributed by atoms with van der Waals surface area (Å²) in [6, 6.07) is 4.15. The van der Waals surface area contributed by atoms with E-state index in [4.69, 9.17) is 26.1 Å². The molecule has 1 fully saturated rings. The van der Waals surface area contributed by atoms with Gasteiger partial charge < -0.3 is 30.1 Å². The lowest BCUT2D eigenvalue weighted by atomic mass is 10.1. The van der Waals surface area contributed by atoms with Crippen LogP contribution in [0.15, 0.2) is 30.9 Å². The zero-order chi connectivity index (χ0) is 24.6. The highest BCUT2D eigenvalue weighted by Gasteiger charge is 2.45. The van der Waals surface area contributed by atoms with Crippen LogP contribution in [-0.2, 0) is 20.4 Å². The second-order valence-corrected chi connectivity index (χ2v) is 8.94. The molecule has 17 heteroatoms. The van der Waals surface area contributed by atoms with Crippen molar-refractivity contribution in [1.82, 2.24) is 19.5 Å². The van der Waals surface area contributed by atoms with E-state index in [-0.39, 0.29) is 29.2 Å². The van der Waals surface area contributed by atoms with E-state index in [0.29, 0.717) is 10.6 Å². The van der Waals surface area contributed by atoms with Crippen LogP contribution in [-0.4, -0.2) is 69.4 Å². The van der Waals surface area contributed by atoms with Gasteiger partial charge in [-0.25, -0.2) is 19.5 Å². The summed E-state index contributed by atoms with van der Waals surface area (Å²) in [5.74, 6) is 0.229. The van der Waals surface area contributed by atoms with Gasteiger partial charge in [0.2, 0.25) is 0 Å². The number of halogens is 1. The molecule has 0 unspecified atom stereocenters. The molecule has 0 bridgehead atoms. The number of fused-ring (bicyclic) bond motifs is 1. The van der Waals surface area contributed by atoms with Gasteiger partial charge in [0.15, 0.2) is 23.2 Å². The van der Waals surface area contributed by atoms with Crippen LogP contribution in [0, 0.1) is 10.1 Å². The molecule has 34 heavy (non-hydrogen) atoms. The maximum Gasteiger partial charge on any atom is 0.469 e. The Labute approximate surface area is 195 Å². The zero-order valence-corrected chi connectivity index (χ0v) is 18.7. The number of aliphatic hydroxyl groups is 2. The van der Waals surface area contributed by atoms with E-state index in [0.717, 1.165) is 0 Å². The molecule has 182 valence electrons. The number of hydrogen-bond donors (Lipinski definition) is 5. The van der Waals surface area contributed by atoms with Crippen LogP contribution >= 0.6 is 19.4 Å². The van der Waals surface area contributed by atoms with Gasteiger partial charge in [0.25, 0.3) is 5.69 Å². The van der Waals surface area contributed by atoms with Gasteiger partial charge in [-0.05, 0) is 12.1 Å². The van der Waals surface area contributed by atoms with E-state index in [1.165, 1.54) is 35.4 Å². The summed E-state index contributed by atoms with van der Waals surface area (Å²) in [6.45, 7) is -0.662. The fourth-order valence-electron chi connectivity index (χ4n) is 3.49. The lowest BCUT2D eigenvalue weighted by Gasteiger charge is -2.16. The predicted molar refractivity (Wildman–Crippen MR) is 115 cm³/mol. The van der Waals surface area contributed by atoms with Crippen LogP contribution in [0.1, 0.15) is 11.8 Å². The number of aromatic nitrogens is 4. The topological polar surface area (TPSA) is 215 Å². The molecule has 5 N–H and O–H groups in total. The van der Waals surface area contributed by atoms with Crippen molar-refractivity contribution in [2.75, 3.05) is 11.9 Å². The molecule has 3 heterocycles. The van der Waals surface area contributed by atoms with E-state index in [2.05, 4.69) is 24.8 Å². The summed E-state index contributed by atoms with van der Waals surface area (Å²) in [4.78, 5) is 40.9. The third-order valence-corrected chi connectivity index (χ3v) is 5.78. The minimum Gasteiger partial charge on any atom is -0.387 e. The summed E-state index contributed by atoms with van der Waals surface area (Å²) in [5, 5.41) is 35.2. The normalized spacial score (nSPS) is 22.9. The Balaban J connectivity index is 1.56. The summed E-state index contributed by atoms with van der Waals surface area (Å²) in [6.07, 6.45) is -2.93. The Morgan fingerprint density at radius 3 is 2.74 bits per heavy atom. The van der Waals surface area contributed by atoms with Crippen molar-refractivity contribution < 1.29 is 38.7 Å². The van der Waals surface area contributed by atoms with Crippen molar-refractivity contribution >= 4 is 42.1 Å². The molecular formula is C17H18ClN6O9P. The van der Waals surface area contributed by atoms with Crippen LogP contribution in [0.3, 0.4) is 0 Å². The highest BCUT2D eigenvalue weighted by molar-refractivity contribution is 7.46. The molecule has 15 nitrogen and oxygen atoms in total. The number of ether oxygens (including phenoxy) is 1. The number of rotatable bonds is 8. The maximum atomic E-state index is 11.3. The standard InChI is InChI=1S/C17H18ClN6O9P/c18-9-1-2-10(24(27)28)8(3-9)4-19-15-12-16(21-6-20-15)23(7-22-12)17-14(26)13(25)11(33-17)5-32-34(29,30)31/h1-3,6-7,11,13-14,17,25-26H,4-5H2,(H,19,20,21)(H2,29,30,31)/t11-,13-,14-,17-/m1/s1. The molecule has 2 aromatic heterocycles. The van der Waals surface area contributed by atoms with Crippen LogP contribution in [0.2, 0.25) is 5.02 Å². The molecule has 4 atom stereocenters. The molecule has 0 spiro atoms. The number of anilines is 1. The number of nitrogens with zero attached hydrogens (tertiary/aromatic N) is 5. The number of imidazole rings is 1. The molecular weight excluding hydrogens is 499 g/mol. The van der Waals surface area contributed by atoms with E-state index >= 15 is 0 Å². The van der Waals surface area contributed by atoms with Crippen LogP contribution in [0.4, 0.5) is 11.5 Å².